The molecule has 0 aliphatic heterocycles. The fourth-order valence-electron chi connectivity index (χ4n) is 0.248. The molecular weight excluding hydrogens is 163 g/mol. The van der Waals surface area contributed by atoms with Gasteiger partial charge in [0.05, 0.1) is 0 Å². The molecule has 0 aliphatic rings. The molecule has 0 aromatic heterocycles. The van der Waals surface area contributed by atoms with Crippen LogP contribution in [0.4, 0.5) is 0 Å². The van der Waals surface area contributed by atoms with Crippen molar-refractivity contribution in [2.45, 2.75) is 18.2 Å². The molecule has 0 unspecified atom stereocenters. The van der Waals surface area contributed by atoms with Gasteiger partial charge in [0.15, 0.2) is 11.6 Å². The largest absolute Gasteiger partial charge is 0.296 e. The minimum absolute atomic E-state index is 0.543. The highest BCUT2D eigenvalue weighted by molar-refractivity contribution is 6.67. The van der Waals surface area contributed by atoms with E-state index in [1.54, 1.807) is 0 Å². The predicted molar refractivity (Wildman–Crippen MR) is 35.8 cm³/mol. The summed E-state index contributed by atoms with van der Waals surface area (Å²) in [6.45, 7) is 2.34. The molecule has 0 saturated heterocycles. The highest BCUT2D eigenvalue weighted by Crippen LogP contribution is 2.22. The van der Waals surface area contributed by atoms with Crippen molar-refractivity contribution in [1.29, 1.82) is 0 Å². The van der Waals surface area contributed by atoms with Crippen LogP contribution in [-0.4, -0.2) is 15.9 Å². The van der Waals surface area contributed by atoms with E-state index < -0.39 is 15.9 Å². The zero-order chi connectivity index (χ0) is 7.65. The van der Waals surface area contributed by atoms with Crippen molar-refractivity contribution in [3.63, 3.8) is 0 Å². The summed E-state index contributed by atoms with van der Waals surface area (Å²) < 4.78 is -1.83. The molecule has 0 aromatic carbocycles. The maximum Gasteiger partial charge on any atom is 0.232 e. The van der Waals surface area contributed by atoms with E-state index in [0.717, 1.165) is 0 Å². The lowest BCUT2D eigenvalue weighted by atomic mass is 10.2. The Balaban J connectivity index is 4.38. The van der Waals surface area contributed by atoms with E-state index >= 15 is 0 Å². The number of carbonyl (C=O) groups excluding carboxylic acids is 2. The van der Waals surface area contributed by atoms with Gasteiger partial charge in [-0.3, -0.25) is 9.59 Å². The molecule has 0 aromatic rings. The molecule has 0 N–H and O–H groups in total. The zero-order valence-electron chi connectivity index (χ0n) is 5.07. The van der Waals surface area contributed by atoms with E-state index in [4.69, 9.17) is 23.2 Å². The maximum absolute atomic E-state index is 10.4. The van der Waals surface area contributed by atoms with Gasteiger partial charge in [-0.2, -0.15) is 0 Å². The van der Waals surface area contributed by atoms with Crippen LogP contribution in [0.2, 0.25) is 0 Å². The van der Waals surface area contributed by atoms with E-state index in [-0.39, 0.29) is 0 Å². The molecule has 0 saturated carbocycles. The Morgan fingerprint density at radius 1 is 1.11 bits per heavy atom. The van der Waals surface area contributed by atoms with Crippen LogP contribution in [0.15, 0.2) is 0 Å². The van der Waals surface area contributed by atoms with Crippen molar-refractivity contribution in [2.75, 3.05) is 0 Å². The smallest absolute Gasteiger partial charge is 0.232 e. The fourth-order valence-corrected chi connectivity index (χ4v) is 0.248. The van der Waals surface area contributed by atoms with Gasteiger partial charge in [-0.25, -0.2) is 0 Å². The second kappa shape index (κ2) is 2.67. The third-order valence-corrected chi connectivity index (χ3v) is 1.95. The van der Waals surface area contributed by atoms with Crippen molar-refractivity contribution in [2.24, 2.45) is 0 Å². The quantitative estimate of drug-likeness (QED) is 0.461. The molecule has 2 nitrogen and oxygen atoms in total. The van der Waals surface area contributed by atoms with Gasteiger partial charge in [-0.1, -0.05) is 23.2 Å². The third kappa shape index (κ3) is 1.95. The lowest BCUT2D eigenvalue weighted by molar-refractivity contribution is -0.125. The first-order chi connectivity index (χ1) is 3.89. The van der Waals surface area contributed by atoms with Crippen molar-refractivity contribution in [3.05, 3.63) is 0 Å². The number of carbonyl (C=O) groups is 2. The lowest BCUT2D eigenvalue weighted by Crippen LogP contribution is -2.31. The number of Topliss-reactive ketones (excluding diaryl/α,β-unsaturated/α-hetero) is 2. The first kappa shape index (κ1) is 8.92. The highest BCUT2D eigenvalue weighted by Gasteiger charge is 2.35. The van der Waals surface area contributed by atoms with E-state index in [1.807, 2.05) is 0 Å². The predicted octanol–water partition coefficient (Wildman–Crippen LogP) is 1.34. The van der Waals surface area contributed by atoms with Crippen molar-refractivity contribution < 1.29 is 9.59 Å². The molecular formula is C5H6Cl2O2. The van der Waals surface area contributed by atoms with Gasteiger partial charge in [0.1, 0.15) is 0 Å². The normalized spacial score (nSPS) is 11.1. The Hall–Kier alpha value is -0.0800. The summed E-state index contributed by atoms with van der Waals surface area (Å²) in [6.07, 6.45) is 0. The summed E-state index contributed by atoms with van der Waals surface area (Å²) in [5, 5.41) is 0. The molecule has 0 atom stereocenters. The summed E-state index contributed by atoms with van der Waals surface area (Å²) in [4.78, 5) is 20.8. The number of hydrogen-bond acceptors (Lipinski definition) is 2. The van der Waals surface area contributed by atoms with Gasteiger partial charge in [0.2, 0.25) is 4.33 Å². The first-order valence-electron chi connectivity index (χ1n) is 2.29. The van der Waals surface area contributed by atoms with Gasteiger partial charge >= 0.3 is 0 Å². The summed E-state index contributed by atoms with van der Waals surface area (Å²) in [6, 6.07) is 0. The third-order valence-electron chi connectivity index (χ3n) is 0.884. The van der Waals surface area contributed by atoms with Crippen LogP contribution < -0.4 is 0 Å². The van der Waals surface area contributed by atoms with Crippen LogP contribution in [-0.2, 0) is 9.59 Å². The Morgan fingerprint density at radius 2 is 1.33 bits per heavy atom. The lowest BCUT2D eigenvalue weighted by Gasteiger charge is -2.09. The number of hydrogen-bond donors (Lipinski definition) is 0. The van der Waals surface area contributed by atoms with Crippen molar-refractivity contribution in [1.82, 2.24) is 0 Å². The summed E-state index contributed by atoms with van der Waals surface area (Å²) in [7, 11) is 0. The van der Waals surface area contributed by atoms with Gasteiger partial charge < -0.3 is 0 Å². The van der Waals surface area contributed by atoms with Gasteiger partial charge in [-0.15, -0.1) is 0 Å². The second-order valence-electron chi connectivity index (χ2n) is 1.69. The molecule has 0 amide bonds. The minimum Gasteiger partial charge on any atom is -0.296 e. The zero-order valence-corrected chi connectivity index (χ0v) is 6.58. The van der Waals surface area contributed by atoms with Crippen LogP contribution in [0.1, 0.15) is 13.8 Å². The molecule has 52 valence electrons. The number of halogens is 2. The molecule has 0 rings (SSSR count). The maximum atomic E-state index is 10.4. The van der Waals surface area contributed by atoms with E-state index in [2.05, 4.69) is 0 Å². The topological polar surface area (TPSA) is 34.1 Å². The van der Waals surface area contributed by atoms with Gasteiger partial charge in [0.25, 0.3) is 0 Å². The molecule has 0 radical (unpaired) electrons. The van der Waals surface area contributed by atoms with Crippen molar-refractivity contribution >= 4 is 34.8 Å². The van der Waals surface area contributed by atoms with E-state index in [9.17, 15) is 9.59 Å². The van der Waals surface area contributed by atoms with Crippen LogP contribution in [0.5, 0.6) is 0 Å². The standard InChI is InChI=1S/C5H6Cl2O2/c1-3(8)5(6,7)4(2)9/h1-2H3. The first-order valence-corrected chi connectivity index (χ1v) is 3.04. The fraction of sp³-hybridized carbons (Fsp3) is 0.600. The number of ketones is 2. The molecule has 0 aliphatic carbocycles. The Kier molecular flexibility index (Phi) is 2.65. The molecule has 0 bridgehead atoms. The second-order valence-corrected chi connectivity index (χ2v) is 3.01. The summed E-state index contributed by atoms with van der Waals surface area (Å²) >= 11 is 10.5. The summed E-state index contributed by atoms with van der Waals surface area (Å²) in [5.41, 5.74) is 0. The highest BCUT2D eigenvalue weighted by atomic mass is 35.5. The van der Waals surface area contributed by atoms with E-state index in [0.29, 0.717) is 0 Å². The average molecular weight is 169 g/mol. The minimum atomic E-state index is -1.83. The Labute approximate surface area is 63.1 Å². The van der Waals surface area contributed by atoms with Crippen LogP contribution in [0.3, 0.4) is 0 Å². The van der Waals surface area contributed by atoms with Crippen LogP contribution in [0, 0.1) is 0 Å². The molecule has 4 heteroatoms. The molecule has 0 fully saturated rings. The average Bonchev–Trinajstić information content (AvgIpc) is 1.65. The van der Waals surface area contributed by atoms with Crippen LogP contribution >= 0.6 is 23.2 Å². The monoisotopic (exact) mass is 168 g/mol. The van der Waals surface area contributed by atoms with Gasteiger partial charge in [-0.05, 0) is 13.8 Å². The number of rotatable bonds is 2. The summed E-state index contributed by atoms with van der Waals surface area (Å²) in [5.74, 6) is -1.09. The Morgan fingerprint density at radius 3 is 1.33 bits per heavy atom. The van der Waals surface area contributed by atoms with Crippen LogP contribution in [0.25, 0.3) is 0 Å². The molecule has 9 heavy (non-hydrogen) atoms. The Bertz CT molecular complexity index is 135. The SMILES string of the molecule is CC(=O)C(Cl)(Cl)C(C)=O. The molecule has 0 spiro atoms. The van der Waals surface area contributed by atoms with Gasteiger partial charge in [0, 0.05) is 0 Å². The van der Waals surface area contributed by atoms with Crippen molar-refractivity contribution in [3.8, 4) is 0 Å². The molecule has 0 heterocycles. The number of alkyl halides is 2. The van der Waals surface area contributed by atoms with E-state index in [1.165, 1.54) is 13.8 Å².